The largest absolute Gasteiger partial charge is 0.493 e. The molecular formula is C23H30N2O5S. The van der Waals surface area contributed by atoms with Gasteiger partial charge >= 0.3 is 0 Å². The molecule has 0 radical (unpaired) electrons. The van der Waals surface area contributed by atoms with Crippen LogP contribution in [-0.4, -0.2) is 41.3 Å². The van der Waals surface area contributed by atoms with Crippen LogP contribution < -0.4 is 19.1 Å². The van der Waals surface area contributed by atoms with Gasteiger partial charge in [0.2, 0.25) is 15.9 Å². The second-order valence-corrected chi connectivity index (χ2v) is 9.74. The summed E-state index contributed by atoms with van der Waals surface area (Å²) in [5, 5.41) is 2.93. The molecule has 0 unspecified atom stereocenters. The number of hydrogen-bond acceptors (Lipinski definition) is 5. The highest BCUT2D eigenvalue weighted by Crippen LogP contribution is 2.32. The number of ether oxygens (including phenoxy) is 2. The fraction of sp³-hybridized carbons (Fsp3) is 0.435. The average molecular weight is 447 g/mol. The molecule has 1 aliphatic rings. The molecule has 8 heteroatoms. The van der Waals surface area contributed by atoms with Crippen LogP contribution in [0, 0.1) is 0 Å². The van der Waals surface area contributed by atoms with Gasteiger partial charge in [-0.25, -0.2) is 8.42 Å². The van der Waals surface area contributed by atoms with Gasteiger partial charge < -0.3 is 14.8 Å². The molecule has 31 heavy (non-hydrogen) atoms. The molecule has 2 aromatic rings. The zero-order valence-electron chi connectivity index (χ0n) is 18.5. The summed E-state index contributed by atoms with van der Waals surface area (Å²) in [7, 11) is -0.721. The van der Waals surface area contributed by atoms with Crippen molar-refractivity contribution < 1.29 is 22.7 Å². The first-order valence-corrected chi connectivity index (χ1v) is 12.2. The highest BCUT2D eigenvalue weighted by atomic mass is 32.2. The standard InChI is InChI=1S/C23H30N2O5S/c1-16(18-10-9-17-7-5-6-8-19(17)13-18)24-23(26)15-25(31(4,27)28)20-11-12-21(29-2)22(14-20)30-3/h9-14,16H,5-8,15H2,1-4H3,(H,24,26)/t16-/m0/s1. The predicted octanol–water partition coefficient (Wildman–Crippen LogP) is 3.23. The molecular weight excluding hydrogens is 416 g/mol. The van der Waals surface area contributed by atoms with Gasteiger partial charge in [-0.15, -0.1) is 0 Å². The van der Waals surface area contributed by atoms with Gasteiger partial charge in [-0.1, -0.05) is 18.2 Å². The highest BCUT2D eigenvalue weighted by molar-refractivity contribution is 7.92. The van der Waals surface area contributed by atoms with E-state index in [1.807, 2.05) is 13.0 Å². The fourth-order valence-electron chi connectivity index (χ4n) is 3.90. The summed E-state index contributed by atoms with van der Waals surface area (Å²) in [6.07, 6.45) is 5.64. The molecule has 0 aromatic heterocycles. The third-order valence-corrected chi connectivity index (χ3v) is 6.73. The van der Waals surface area contributed by atoms with Gasteiger partial charge in [0.1, 0.15) is 6.54 Å². The van der Waals surface area contributed by atoms with E-state index in [9.17, 15) is 13.2 Å². The lowest BCUT2D eigenvalue weighted by Gasteiger charge is -2.24. The van der Waals surface area contributed by atoms with Crippen LogP contribution in [0.25, 0.3) is 0 Å². The van der Waals surface area contributed by atoms with E-state index in [2.05, 4.69) is 17.4 Å². The number of sulfonamides is 1. The number of methoxy groups -OCH3 is 2. The summed E-state index contributed by atoms with van der Waals surface area (Å²) in [5.41, 5.74) is 4.07. The molecule has 168 valence electrons. The Kier molecular flexibility index (Phi) is 7.10. The highest BCUT2D eigenvalue weighted by Gasteiger charge is 2.23. The number of hydrogen-bond donors (Lipinski definition) is 1. The van der Waals surface area contributed by atoms with Gasteiger partial charge in [0, 0.05) is 6.07 Å². The third kappa shape index (κ3) is 5.50. The first-order chi connectivity index (χ1) is 14.7. The first kappa shape index (κ1) is 22.9. The molecule has 0 heterocycles. The number of benzene rings is 2. The molecule has 1 aliphatic carbocycles. The maximum Gasteiger partial charge on any atom is 0.241 e. The van der Waals surface area contributed by atoms with Gasteiger partial charge in [0.15, 0.2) is 11.5 Å². The fourth-order valence-corrected chi connectivity index (χ4v) is 4.75. The smallest absolute Gasteiger partial charge is 0.241 e. The van der Waals surface area contributed by atoms with Crippen molar-refractivity contribution in [3.63, 3.8) is 0 Å². The minimum atomic E-state index is -3.69. The quantitative estimate of drug-likeness (QED) is 0.673. The summed E-state index contributed by atoms with van der Waals surface area (Å²) in [5.74, 6) is 0.479. The van der Waals surface area contributed by atoms with Crippen molar-refractivity contribution in [1.29, 1.82) is 0 Å². The number of nitrogens with zero attached hydrogens (tertiary/aromatic N) is 1. The van der Waals surface area contributed by atoms with Crippen LogP contribution in [0.1, 0.15) is 42.5 Å². The molecule has 2 aromatic carbocycles. The normalized spacial score (nSPS) is 14.3. The Morgan fingerprint density at radius 1 is 1.03 bits per heavy atom. The lowest BCUT2D eigenvalue weighted by molar-refractivity contribution is -0.120. The molecule has 0 fully saturated rings. The summed E-state index contributed by atoms with van der Waals surface area (Å²) in [6, 6.07) is 10.8. The van der Waals surface area contributed by atoms with Crippen LogP contribution in [0.5, 0.6) is 11.5 Å². The van der Waals surface area contributed by atoms with E-state index >= 15 is 0 Å². The summed E-state index contributed by atoms with van der Waals surface area (Å²) in [6.45, 7) is 1.58. The van der Waals surface area contributed by atoms with E-state index in [0.29, 0.717) is 17.2 Å². The first-order valence-electron chi connectivity index (χ1n) is 10.3. The molecule has 3 rings (SSSR count). The van der Waals surface area contributed by atoms with E-state index in [-0.39, 0.29) is 18.5 Å². The predicted molar refractivity (Wildman–Crippen MR) is 121 cm³/mol. The van der Waals surface area contributed by atoms with Crippen molar-refractivity contribution >= 4 is 21.6 Å². The Bertz CT molecular complexity index is 1050. The van der Waals surface area contributed by atoms with Crippen molar-refractivity contribution in [3.05, 3.63) is 53.1 Å². The second kappa shape index (κ2) is 9.60. The van der Waals surface area contributed by atoms with Gasteiger partial charge in [0.25, 0.3) is 0 Å². The SMILES string of the molecule is COc1ccc(N(CC(=O)N[C@@H](C)c2ccc3c(c2)CCCC3)S(C)(=O)=O)cc1OC. The zero-order valence-corrected chi connectivity index (χ0v) is 19.3. The van der Waals surface area contributed by atoms with Crippen molar-refractivity contribution in [1.82, 2.24) is 5.32 Å². The number of carbonyl (C=O) groups is 1. The summed E-state index contributed by atoms with van der Waals surface area (Å²) < 4.78 is 36.4. The van der Waals surface area contributed by atoms with Crippen LogP contribution in [-0.2, 0) is 27.7 Å². The van der Waals surface area contributed by atoms with Crippen LogP contribution in [0.4, 0.5) is 5.69 Å². The van der Waals surface area contributed by atoms with Crippen LogP contribution >= 0.6 is 0 Å². The van der Waals surface area contributed by atoms with Gasteiger partial charge in [-0.3, -0.25) is 9.10 Å². The summed E-state index contributed by atoms with van der Waals surface area (Å²) in [4.78, 5) is 12.8. The minimum absolute atomic E-state index is 0.230. The van der Waals surface area contributed by atoms with E-state index in [1.54, 1.807) is 18.2 Å². The Balaban J connectivity index is 1.76. The molecule has 7 nitrogen and oxygen atoms in total. The lowest BCUT2D eigenvalue weighted by Crippen LogP contribution is -2.41. The summed E-state index contributed by atoms with van der Waals surface area (Å²) >= 11 is 0. The number of rotatable bonds is 8. The second-order valence-electron chi connectivity index (χ2n) is 7.83. The topological polar surface area (TPSA) is 84.9 Å². The van der Waals surface area contributed by atoms with E-state index < -0.39 is 10.0 Å². The molecule has 0 bridgehead atoms. The van der Waals surface area contributed by atoms with Crippen LogP contribution in [0.3, 0.4) is 0 Å². The lowest BCUT2D eigenvalue weighted by atomic mass is 9.89. The van der Waals surface area contributed by atoms with E-state index in [4.69, 9.17) is 9.47 Å². The molecule has 0 spiro atoms. The Hall–Kier alpha value is -2.74. The number of aryl methyl sites for hydroxylation is 2. The number of amides is 1. The van der Waals surface area contributed by atoms with Crippen molar-refractivity contribution in [2.75, 3.05) is 31.3 Å². The van der Waals surface area contributed by atoms with Crippen LogP contribution in [0.15, 0.2) is 36.4 Å². The number of anilines is 1. The Morgan fingerprint density at radius 2 is 1.71 bits per heavy atom. The molecule has 0 saturated carbocycles. The molecule has 0 aliphatic heterocycles. The monoisotopic (exact) mass is 446 g/mol. The molecule has 1 amide bonds. The van der Waals surface area contributed by atoms with Gasteiger partial charge in [0.05, 0.1) is 32.2 Å². The van der Waals surface area contributed by atoms with Gasteiger partial charge in [-0.2, -0.15) is 0 Å². The number of carbonyl (C=O) groups excluding carboxylic acids is 1. The zero-order chi connectivity index (χ0) is 22.6. The Labute approximate surface area is 184 Å². The van der Waals surface area contributed by atoms with E-state index in [0.717, 1.165) is 29.0 Å². The molecule has 1 atom stereocenters. The van der Waals surface area contributed by atoms with E-state index in [1.165, 1.54) is 38.2 Å². The third-order valence-electron chi connectivity index (χ3n) is 5.59. The maximum absolute atomic E-state index is 12.8. The maximum atomic E-state index is 12.8. The van der Waals surface area contributed by atoms with Crippen molar-refractivity contribution in [2.45, 2.75) is 38.6 Å². The van der Waals surface area contributed by atoms with Crippen molar-refractivity contribution in [2.24, 2.45) is 0 Å². The number of fused-ring (bicyclic) bond motifs is 1. The van der Waals surface area contributed by atoms with Gasteiger partial charge in [-0.05, 0) is 61.4 Å². The number of nitrogens with one attached hydrogen (secondary N) is 1. The molecule has 0 saturated heterocycles. The van der Waals surface area contributed by atoms with Crippen LogP contribution in [0.2, 0.25) is 0 Å². The van der Waals surface area contributed by atoms with Crippen molar-refractivity contribution in [3.8, 4) is 11.5 Å². The Morgan fingerprint density at radius 3 is 2.35 bits per heavy atom. The average Bonchev–Trinajstić information content (AvgIpc) is 2.75. The minimum Gasteiger partial charge on any atom is -0.493 e. The molecule has 1 N–H and O–H groups in total.